The second-order valence-electron chi connectivity index (χ2n) is 6.24. The second-order valence-corrected chi connectivity index (χ2v) is 6.24. The highest BCUT2D eigenvalue weighted by Gasteiger charge is 2.22. The fourth-order valence-electron chi connectivity index (χ4n) is 2.98. The maximum atomic E-state index is 14.7. The lowest BCUT2D eigenvalue weighted by molar-refractivity contribution is 0.175. The normalized spacial score (nSPS) is 14.5. The van der Waals surface area contributed by atoms with Crippen LogP contribution in [0.15, 0.2) is 41.0 Å². The molecule has 2 aromatic carbocycles. The van der Waals surface area contributed by atoms with Crippen LogP contribution in [0, 0.1) is 17.6 Å². The van der Waals surface area contributed by atoms with Crippen LogP contribution in [-0.4, -0.2) is 6.61 Å². The van der Waals surface area contributed by atoms with Gasteiger partial charge in [-0.2, -0.15) is 17.6 Å². The molecule has 1 heterocycles. The van der Waals surface area contributed by atoms with Gasteiger partial charge in [0.25, 0.3) is 0 Å². The summed E-state index contributed by atoms with van der Waals surface area (Å²) >= 11 is 0. The van der Waals surface area contributed by atoms with Crippen LogP contribution in [-0.2, 0) is 0 Å². The van der Waals surface area contributed by atoms with Crippen LogP contribution in [0.1, 0.15) is 19.3 Å². The first-order valence-electron chi connectivity index (χ1n) is 8.18. The number of halogens is 4. The Labute approximate surface area is 145 Å². The van der Waals surface area contributed by atoms with Gasteiger partial charge in [0, 0.05) is 10.8 Å². The van der Waals surface area contributed by atoms with Crippen molar-refractivity contribution in [1.82, 2.24) is 0 Å². The molecule has 136 valence electrons. The average Bonchev–Trinajstić information content (AvgIpc) is 2.95. The van der Waals surface area contributed by atoms with Crippen LogP contribution < -0.4 is 9.47 Å². The molecule has 1 aromatic heterocycles. The summed E-state index contributed by atoms with van der Waals surface area (Å²) in [5.41, 5.74) is -0.408. The maximum Gasteiger partial charge on any atom is 0.305 e. The van der Waals surface area contributed by atoms with Crippen molar-refractivity contribution < 1.29 is 31.5 Å². The molecule has 1 fully saturated rings. The third-order valence-corrected chi connectivity index (χ3v) is 4.59. The Hall–Kier alpha value is -2.70. The molecule has 0 radical (unpaired) electrons. The monoisotopic (exact) mass is 366 g/mol. The fraction of sp³-hybridized carbons (Fsp3) is 0.263. The largest absolute Gasteiger partial charge is 0.490 e. The number of fused-ring (bicyclic) bond motifs is 3. The van der Waals surface area contributed by atoms with Crippen LogP contribution in [0.2, 0.25) is 0 Å². The number of rotatable bonds is 5. The molecule has 0 spiro atoms. The Kier molecular flexibility index (Phi) is 4.22. The Morgan fingerprint density at radius 2 is 1.62 bits per heavy atom. The lowest BCUT2D eigenvalue weighted by Crippen LogP contribution is -2.19. The first-order valence-corrected chi connectivity index (χ1v) is 8.18. The minimum atomic E-state index is -2.10. The van der Waals surface area contributed by atoms with E-state index in [1.807, 2.05) is 0 Å². The van der Waals surface area contributed by atoms with Crippen molar-refractivity contribution in [3.63, 3.8) is 0 Å². The van der Waals surface area contributed by atoms with Gasteiger partial charge in [-0.3, -0.25) is 0 Å². The second kappa shape index (κ2) is 6.55. The molecule has 0 aliphatic heterocycles. The highest BCUT2D eigenvalue weighted by atomic mass is 19.3. The summed E-state index contributed by atoms with van der Waals surface area (Å²) in [6.45, 7) is 0.427. The lowest BCUT2D eigenvalue weighted by atomic mass is 9.86. The van der Waals surface area contributed by atoms with Gasteiger partial charge in [0.15, 0.2) is 28.9 Å². The van der Waals surface area contributed by atoms with E-state index >= 15 is 0 Å². The van der Waals surface area contributed by atoms with E-state index < -0.39 is 23.5 Å². The van der Waals surface area contributed by atoms with Crippen molar-refractivity contribution in [1.29, 1.82) is 0 Å². The predicted octanol–water partition coefficient (Wildman–Crippen LogP) is 6.16. The van der Waals surface area contributed by atoms with Crippen molar-refractivity contribution in [2.45, 2.75) is 19.3 Å². The summed E-state index contributed by atoms with van der Waals surface area (Å²) in [5, 5.41) is 0.685. The van der Waals surface area contributed by atoms with Crippen LogP contribution in [0.25, 0.3) is 21.9 Å². The molecule has 0 N–H and O–H groups in total. The first kappa shape index (κ1) is 16.8. The summed E-state index contributed by atoms with van der Waals surface area (Å²) < 4.78 is 68.8. The van der Waals surface area contributed by atoms with Gasteiger partial charge in [0.1, 0.15) is 0 Å². The summed E-state index contributed by atoms with van der Waals surface area (Å²) in [6.07, 6.45) is 1.31. The highest BCUT2D eigenvalue weighted by molar-refractivity contribution is 6.06. The smallest absolute Gasteiger partial charge is 0.305 e. The van der Waals surface area contributed by atoms with Crippen LogP contribution in [0.3, 0.4) is 0 Å². The average molecular weight is 366 g/mol. The molecule has 1 aliphatic carbocycles. The highest BCUT2D eigenvalue weighted by Crippen LogP contribution is 2.38. The van der Waals surface area contributed by atoms with Gasteiger partial charge in [-0.05, 0) is 43.0 Å². The van der Waals surface area contributed by atoms with Crippen molar-refractivity contribution in [2.75, 3.05) is 6.61 Å². The zero-order valence-corrected chi connectivity index (χ0v) is 13.5. The van der Waals surface area contributed by atoms with E-state index in [0.29, 0.717) is 23.3 Å². The number of hydrogen-bond donors (Lipinski definition) is 0. The molecule has 3 nitrogen and oxygen atoms in total. The van der Waals surface area contributed by atoms with E-state index in [4.69, 9.17) is 9.15 Å². The van der Waals surface area contributed by atoms with E-state index in [2.05, 4.69) is 4.74 Å². The third kappa shape index (κ3) is 2.87. The van der Waals surface area contributed by atoms with Crippen LogP contribution in [0.5, 0.6) is 11.5 Å². The Morgan fingerprint density at radius 3 is 2.19 bits per heavy atom. The minimum Gasteiger partial charge on any atom is -0.490 e. The van der Waals surface area contributed by atoms with Gasteiger partial charge in [-0.15, -0.1) is 0 Å². The number of hydrogen-bond acceptors (Lipinski definition) is 3. The van der Waals surface area contributed by atoms with Crippen LogP contribution in [0.4, 0.5) is 17.6 Å². The van der Waals surface area contributed by atoms with Gasteiger partial charge in [-0.25, -0.2) is 0 Å². The van der Waals surface area contributed by atoms with Gasteiger partial charge >= 0.3 is 6.08 Å². The van der Waals surface area contributed by atoms with E-state index in [0.717, 1.165) is 19.3 Å². The first-order chi connectivity index (χ1) is 12.5. The topological polar surface area (TPSA) is 31.6 Å². The van der Waals surface area contributed by atoms with Crippen molar-refractivity contribution in [2.24, 2.45) is 5.92 Å². The Bertz CT molecular complexity index is 1000. The summed E-state index contributed by atoms with van der Waals surface area (Å²) in [5.74, 6) is -1.65. The van der Waals surface area contributed by atoms with E-state index in [9.17, 15) is 17.6 Å². The molecular weight excluding hydrogens is 352 g/mol. The predicted molar refractivity (Wildman–Crippen MR) is 87.4 cm³/mol. The molecule has 0 amide bonds. The maximum absolute atomic E-state index is 14.7. The van der Waals surface area contributed by atoms with Gasteiger partial charge in [-0.1, -0.05) is 6.42 Å². The van der Waals surface area contributed by atoms with E-state index in [1.165, 1.54) is 18.2 Å². The molecule has 0 saturated heterocycles. The van der Waals surface area contributed by atoms with E-state index in [-0.39, 0.29) is 23.2 Å². The third-order valence-electron chi connectivity index (χ3n) is 4.59. The SMILES string of the molecule is FC(F)=COc1ccc2c(oc3c(F)c(OCC4CCC4)ccc32)c1F. The van der Waals surface area contributed by atoms with Gasteiger partial charge in [0.05, 0.1) is 6.61 Å². The van der Waals surface area contributed by atoms with Gasteiger partial charge < -0.3 is 13.9 Å². The standard InChI is InChI=1S/C19H14F4O3/c20-15(21)9-25-14-7-5-12-11-4-6-13(24-8-10-2-1-3-10)16(22)18(11)26-19(12)17(14)23/h4-7,9-10H,1-3,8H2. The molecule has 26 heavy (non-hydrogen) atoms. The quantitative estimate of drug-likeness (QED) is 0.400. The number of ether oxygens (including phenoxy) is 2. The van der Waals surface area contributed by atoms with Crippen LogP contribution >= 0.6 is 0 Å². The minimum absolute atomic E-state index is 0.0442. The molecular formula is C19H14F4O3. The van der Waals surface area contributed by atoms with Gasteiger partial charge in [0.2, 0.25) is 11.6 Å². The molecule has 0 bridgehead atoms. The molecule has 1 saturated carbocycles. The molecule has 3 aromatic rings. The molecule has 4 rings (SSSR count). The molecule has 7 heteroatoms. The molecule has 0 unspecified atom stereocenters. The summed E-state index contributed by atoms with van der Waals surface area (Å²) in [7, 11) is 0. The number of furan rings is 1. The number of benzene rings is 2. The summed E-state index contributed by atoms with van der Waals surface area (Å²) in [6, 6.07) is 5.68. The van der Waals surface area contributed by atoms with Crippen molar-refractivity contribution >= 4 is 21.9 Å². The van der Waals surface area contributed by atoms with Crippen molar-refractivity contribution in [3.8, 4) is 11.5 Å². The van der Waals surface area contributed by atoms with E-state index in [1.54, 1.807) is 6.07 Å². The molecule has 0 atom stereocenters. The zero-order chi connectivity index (χ0) is 18.3. The Morgan fingerprint density at radius 1 is 1.00 bits per heavy atom. The molecule has 1 aliphatic rings. The Balaban J connectivity index is 1.73. The fourth-order valence-corrected chi connectivity index (χ4v) is 2.98. The lowest BCUT2D eigenvalue weighted by Gasteiger charge is -2.25. The summed E-state index contributed by atoms with van der Waals surface area (Å²) in [4.78, 5) is 0. The zero-order valence-electron chi connectivity index (χ0n) is 13.5. The van der Waals surface area contributed by atoms with Crippen molar-refractivity contribution in [3.05, 3.63) is 48.2 Å².